The second-order valence-corrected chi connectivity index (χ2v) is 6.56. The van der Waals surface area contributed by atoms with E-state index in [2.05, 4.69) is 27.7 Å². The minimum absolute atomic E-state index is 0.0573. The molecule has 0 aliphatic carbocycles. The normalized spacial score (nSPS) is 19.9. The van der Waals surface area contributed by atoms with E-state index in [0.717, 1.165) is 13.1 Å². The van der Waals surface area contributed by atoms with Crippen molar-refractivity contribution in [2.45, 2.75) is 18.4 Å². The zero-order valence-corrected chi connectivity index (χ0v) is 14.6. The molecule has 3 amide bonds. The number of nitrogens with two attached hydrogens (primary N) is 1. The fourth-order valence-electron chi connectivity index (χ4n) is 3.28. The molecule has 0 spiro atoms. The van der Waals surface area contributed by atoms with Gasteiger partial charge >= 0.3 is 6.03 Å². The molecule has 0 saturated carbocycles. The van der Waals surface area contributed by atoms with E-state index >= 15 is 0 Å². The summed E-state index contributed by atoms with van der Waals surface area (Å²) in [6.45, 7) is 2.17. The molecule has 6 heteroatoms. The Kier molecular flexibility index (Phi) is 5.99. The first kappa shape index (κ1) is 18.1. The average molecular weight is 352 g/mol. The van der Waals surface area contributed by atoms with Crippen molar-refractivity contribution in [3.8, 4) is 0 Å². The summed E-state index contributed by atoms with van der Waals surface area (Å²) in [5.41, 5.74) is 8.15. The Morgan fingerprint density at radius 3 is 2.35 bits per heavy atom. The molecule has 6 nitrogen and oxygen atoms in total. The van der Waals surface area contributed by atoms with Crippen LogP contribution >= 0.6 is 0 Å². The Morgan fingerprint density at radius 1 is 1.00 bits per heavy atom. The molecule has 2 aromatic rings. The number of nitrogens with zero attached hydrogens (tertiary/aromatic N) is 1. The SMILES string of the molecule is N[C@@H]1CN(CCC(=O)NC(=O)Nc2ccccc2)C[C@H]1c1ccccc1. The zero-order valence-electron chi connectivity index (χ0n) is 14.6. The highest BCUT2D eigenvalue weighted by molar-refractivity contribution is 6.01. The van der Waals surface area contributed by atoms with E-state index in [-0.39, 0.29) is 24.3 Å². The lowest BCUT2D eigenvalue weighted by molar-refractivity contribution is -0.120. The van der Waals surface area contributed by atoms with Crippen LogP contribution in [0.4, 0.5) is 10.5 Å². The monoisotopic (exact) mass is 352 g/mol. The van der Waals surface area contributed by atoms with Gasteiger partial charge in [0, 0.05) is 43.7 Å². The second-order valence-electron chi connectivity index (χ2n) is 6.56. The number of benzene rings is 2. The van der Waals surface area contributed by atoms with Crippen LogP contribution in [-0.2, 0) is 4.79 Å². The van der Waals surface area contributed by atoms with Crippen LogP contribution in [0.5, 0.6) is 0 Å². The Bertz CT molecular complexity index is 736. The molecule has 4 N–H and O–H groups in total. The predicted molar refractivity (Wildman–Crippen MR) is 102 cm³/mol. The molecule has 136 valence electrons. The Morgan fingerprint density at radius 2 is 1.65 bits per heavy atom. The van der Waals surface area contributed by atoms with Crippen LogP contribution in [0.3, 0.4) is 0 Å². The highest BCUT2D eigenvalue weighted by Gasteiger charge is 2.31. The van der Waals surface area contributed by atoms with Crippen LogP contribution < -0.4 is 16.4 Å². The van der Waals surface area contributed by atoms with Crippen molar-refractivity contribution in [3.05, 3.63) is 66.2 Å². The molecule has 0 aromatic heterocycles. The number of para-hydroxylation sites is 1. The number of hydrogen-bond acceptors (Lipinski definition) is 4. The number of carbonyl (C=O) groups excluding carboxylic acids is 2. The lowest BCUT2D eigenvalue weighted by atomic mass is 9.95. The van der Waals surface area contributed by atoms with Crippen molar-refractivity contribution >= 4 is 17.6 Å². The number of likely N-dealkylation sites (tertiary alicyclic amines) is 1. The number of urea groups is 1. The lowest BCUT2D eigenvalue weighted by Gasteiger charge is -2.15. The second kappa shape index (κ2) is 8.60. The topological polar surface area (TPSA) is 87.5 Å². The minimum atomic E-state index is -0.513. The molecule has 1 aliphatic rings. The number of imide groups is 1. The molecular formula is C20H24N4O2. The molecule has 0 unspecified atom stereocenters. The van der Waals surface area contributed by atoms with Crippen molar-refractivity contribution in [2.75, 3.05) is 25.0 Å². The van der Waals surface area contributed by atoms with E-state index in [1.165, 1.54) is 5.56 Å². The summed E-state index contributed by atoms with van der Waals surface area (Å²) in [4.78, 5) is 26.0. The maximum Gasteiger partial charge on any atom is 0.325 e. The lowest BCUT2D eigenvalue weighted by Crippen LogP contribution is -2.36. The largest absolute Gasteiger partial charge is 0.326 e. The number of hydrogen-bond donors (Lipinski definition) is 3. The van der Waals surface area contributed by atoms with Gasteiger partial charge in [0.15, 0.2) is 0 Å². The standard InChI is InChI=1S/C20H24N4O2/c21-18-14-24(13-17(18)15-7-3-1-4-8-15)12-11-19(25)23-20(26)22-16-9-5-2-6-10-16/h1-10,17-18H,11-14,21H2,(H2,22,23,25,26)/t17-,18+/m0/s1. The van der Waals surface area contributed by atoms with Gasteiger partial charge in [-0.2, -0.15) is 0 Å². The highest BCUT2D eigenvalue weighted by Crippen LogP contribution is 2.26. The summed E-state index contributed by atoms with van der Waals surface area (Å²) < 4.78 is 0. The Balaban J connectivity index is 1.43. The van der Waals surface area contributed by atoms with Crippen LogP contribution in [-0.4, -0.2) is 42.5 Å². The third-order valence-corrected chi connectivity index (χ3v) is 4.61. The summed E-state index contributed by atoms with van der Waals surface area (Å²) >= 11 is 0. The van der Waals surface area contributed by atoms with E-state index in [9.17, 15) is 9.59 Å². The van der Waals surface area contributed by atoms with Gasteiger partial charge in [-0.15, -0.1) is 0 Å². The fourth-order valence-corrected chi connectivity index (χ4v) is 3.28. The van der Waals surface area contributed by atoms with Crippen molar-refractivity contribution in [1.82, 2.24) is 10.2 Å². The van der Waals surface area contributed by atoms with Gasteiger partial charge in [-0.25, -0.2) is 4.79 Å². The number of rotatable bonds is 5. The average Bonchev–Trinajstić information content (AvgIpc) is 3.02. The molecule has 0 bridgehead atoms. The van der Waals surface area contributed by atoms with Crippen molar-refractivity contribution < 1.29 is 9.59 Å². The van der Waals surface area contributed by atoms with Gasteiger partial charge in [-0.1, -0.05) is 48.5 Å². The van der Waals surface area contributed by atoms with E-state index in [0.29, 0.717) is 12.2 Å². The Labute approximate surface area is 153 Å². The molecule has 0 radical (unpaired) electrons. The van der Waals surface area contributed by atoms with Gasteiger partial charge in [0.25, 0.3) is 0 Å². The van der Waals surface area contributed by atoms with E-state index in [1.54, 1.807) is 12.1 Å². The molecule has 26 heavy (non-hydrogen) atoms. The summed E-state index contributed by atoms with van der Waals surface area (Å²) in [6.07, 6.45) is 0.260. The van der Waals surface area contributed by atoms with Gasteiger partial charge < -0.3 is 16.0 Å². The van der Waals surface area contributed by atoms with Crippen LogP contribution in [0.2, 0.25) is 0 Å². The molecular weight excluding hydrogens is 328 g/mol. The number of carbonyl (C=O) groups is 2. The van der Waals surface area contributed by atoms with Crippen LogP contribution in [0.15, 0.2) is 60.7 Å². The summed E-state index contributed by atoms with van der Waals surface area (Å²) in [5, 5.41) is 4.99. The molecule has 2 atom stereocenters. The zero-order chi connectivity index (χ0) is 18.4. The quantitative estimate of drug-likeness (QED) is 0.769. The van der Waals surface area contributed by atoms with Crippen LogP contribution in [0, 0.1) is 0 Å². The van der Waals surface area contributed by atoms with E-state index in [4.69, 9.17) is 5.73 Å². The van der Waals surface area contributed by atoms with Gasteiger partial charge in [0.1, 0.15) is 0 Å². The summed E-state index contributed by atoms with van der Waals surface area (Å²) in [6, 6.07) is 18.8. The van der Waals surface area contributed by atoms with Crippen molar-refractivity contribution in [3.63, 3.8) is 0 Å². The third-order valence-electron chi connectivity index (χ3n) is 4.61. The fraction of sp³-hybridized carbons (Fsp3) is 0.300. The van der Waals surface area contributed by atoms with Gasteiger partial charge in [0.2, 0.25) is 5.91 Å². The first-order valence-corrected chi connectivity index (χ1v) is 8.80. The first-order chi connectivity index (χ1) is 12.6. The molecule has 1 heterocycles. The first-order valence-electron chi connectivity index (χ1n) is 8.80. The number of nitrogens with one attached hydrogen (secondary N) is 2. The van der Waals surface area contributed by atoms with Gasteiger partial charge in [0.05, 0.1) is 0 Å². The maximum atomic E-state index is 12.0. The maximum absolute atomic E-state index is 12.0. The van der Waals surface area contributed by atoms with E-state index in [1.807, 2.05) is 36.4 Å². The molecule has 2 aromatic carbocycles. The summed E-state index contributed by atoms with van der Waals surface area (Å²) in [7, 11) is 0. The van der Waals surface area contributed by atoms with Crippen molar-refractivity contribution in [2.24, 2.45) is 5.73 Å². The summed E-state index contributed by atoms with van der Waals surface area (Å²) in [5.74, 6) is -0.0178. The third kappa shape index (κ3) is 4.91. The molecule has 1 fully saturated rings. The molecule has 1 saturated heterocycles. The predicted octanol–water partition coefficient (Wildman–Crippen LogP) is 2.15. The van der Waals surface area contributed by atoms with Crippen molar-refractivity contribution in [1.29, 1.82) is 0 Å². The number of anilines is 1. The van der Waals surface area contributed by atoms with E-state index < -0.39 is 6.03 Å². The highest BCUT2D eigenvalue weighted by atomic mass is 16.2. The Hall–Kier alpha value is -2.70. The minimum Gasteiger partial charge on any atom is -0.326 e. The van der Waals surface area contributed by atoms with Crippen LogP contribution in [0.1, 0.15) is 17.9 Å². The van der Waals surface area contributed by atoms with Gasteiger partial charge in [-0.3, -0.25) is 10.1 Å². The molecule has 1 aliphatic heterocycles. The van der Waals surface area contributed by atoms with Crippen LogP contribution in [0.25, 0.3) is 0 Å². The smallest absolute Gasteiger partial charge is 0.325 e. The molecule has 3 rings (SSSR count). The van der Waals surface area contributed by atoms with Gasteiger partial charge in [-0.05, 0) is 17.7 Å². The number of amides is 3.